The van der Waals surface area contributed by atoms with Crippen LogP contribution in [0, 0.1) is 17.1 Å². The van der Waals surface area contributed by atoms with Crippen molar-refractivity contribution in [2.75, 3.05) is 18.4 Å². The number of benzene rings is 1. The summed E-state index contributed by atoms with van der Waals surface area (Å²) in [5.74, 6) is -0.380. The molecule has 20 heavy (non-hydrogen) atoms. The van der Waals surface area contributed by atoms with Crippen LogP contribution in [-0.4, -0.2) is 29.9 Å². The van der Waals surface area contributed by atoms with Gasteiger partial charge >= 0.3 is 0 Å². The zero-order valence-corrected chi connectivity index (χ0v) is 11.3. The van der Waals surface area contributed by atoms with E-state index in [1.165, 1.54) is 12.1 Å². The van der Waals surface area contributed by atoms with Crippen molar-refractivity contribution in [1.82, 2.24) is 4.90 Å². The molecule has 0 aliphatic carbocycles. The average molecular weight is 275 g/mol. The molecular weight excluding hydrogens is 257 g/mol. The van der Waals surface area contributed by atoms with Crippen molar-refractivity contribution >= 4 is 11.6 Å². The summed E-state index contributed by atoms with van der Waals surface area (Å²) in [6, 6.07) is 7.33. The van der Waals surface area contributed by atoms with Gasteiger partial charge in [0.15, 0.2) is 0 Å². The van der Waals surface area contributed by atoms with E-state index in [4.69, 9.17) is 5.26 Å². The molecule has 1 aromatic carbocycles. The Labute approximate surface area is 118 Å². The van der Waals surface area contributed by atoms with Gasteiger partial charge in [-0.25, -0.2) is 4.39 Å². The van der Waals surface area contributed by atoms with Gasteiger partial charge in [-0.15, -0.1) is 0 Å². The number of carbonyl (C=O) groups is 1. The minimum Gasteiger partial charge on any atom is -0.369 e. The number of anilines is 1. The molecule has 1 aliphatic rings. The zero-order valence-electron chi connectivity index (χ0n) is 11.3. The van der Waals surface area contributed by atoms with Crippen molar-refractivity contribution in [3.8, 4) is 6.07 Å². The molecule has 0 saturated carbocycles. The Bertz CT molecular complexity index is 506. The summed E-state index contributed by atoms with van der Waals surface area (Å²) in [6.45, 7) is 1.55. The van der Waals surface area contributed by atoms with E-state index < -0.39 is 6.04 Å². The van der Waals surface area contributed by atoms with Crippen LogP contribution in [-0.2, 0) is 4.79 Å². The van der Waals surface area contributed by atoms with Crippen molar-refractivity contribution in [2.24, 2.45) is 0 Å². The first kappa shape index (κ1) is 14.3. The minimum atomic E-state index is -0.633. The van der Waals surface area contributed by atoms with Crippen LogP contribution in [0.2, 0.25) is 0 Å². The lowest BCUT2D eigenvalue weighted by atomic mass is 10.1. The van der Waals surface area contributed by atoms with Gasteiger partial charge in [0.1, 0.15) is 11.9 Å². The lowest BCUT2D eigenvalue weighted by Crippen LogP contribution is -2.38. The summed E-state index contributed by atoms with van der Waals surface area (Å²) in [4.78, 5) is 13.9. The van der Waals surface area contributed by atoms with Gasteiger partial charge < -0.3 is 10.2 Å². The number of piperidine rings is 1. The van der Waals surface area contributed by atoms with E-state index in [1.807, 2.05) is 0 Å². The monoisotopic (exact) mass is 275 g/mol. The van der Waals surface area contributed by atoms with Crippen LogP contribution in [0.3, 0.4) is 0 Å². The Morgan fingerprint density at radius 2 is 2.15 bits per heavy atom. The van der Waals surface area contributed by atoms with Gasteiger partial charge in [0.2, 0.25) is 5.91 Å². The van der Waals surface area contributed by atoms with Crippen molar-refractivity contribution in [3.63, 3.8) is 0 Å². The number of hydrogen-bond donors (Lipinski definition) is 1. The van der Waals surface area contributed by atoms with E-state index in [0.29, 0.717) is 5.69 Å². The van der Waals surface area contributed by atoms with Crippen molar-refractivity contribution in [2.45, 2.75) is 31.7 Å². The molecule has 1 amide bonds. The number of nitrogens with zero attached hydrogens (tertiary/aromatic N) is 2. The number of carbonyl (C=O) groups excluding carboxylic acids is 1. The smallest absolute Gasteiger partial charge is 0.225 e. The van der Waals surface area contributed by atoms with Gasteiger partial charge in [0.25, 0.3) is 0 Å². The highest BCUT2D eigenvalue weighted by molar-refractivity contribution is 5.78. The summed E-state index contributed by atoms with van der Waals surface area (Å²) in [5, 5.41) is 12.0. The summed E-state index contributed by atoms with van der Waals surface area (Å²) < 4.78 is 13.1. The van der Waals surface area contributed by atoms with Crippen LogP contribution in [0.5, 0.6) is 0 Å². The number of likely N-dealkylation sites (tertiary alicyclic amines) is 1. The van der Waals surface area contributed by atoms with Crippen LogP contribution in [0.1, 0.15) is 25.7 Å². The molecule has 1 atom stereocenters. The normalized spacial score (nSPS) is 16.3. The summed E-state index contributed by atoms with van der Waals surface area (Å²) in [6.07, 6.45) is 3.33. The zero-order chi connectivity index (χ0) is 14.4. The molecule has 0 radical (unpaired) electrons. The van der Waals surface area contributed by atoms with Gasteiger partial charge in [0, 0.05) is 18.8 Å². The molecule has 4 nitrogen and oxygen atoms in total. The van der Waals surface area contributed by atoms with Gasteiger partial charge in [0.05, 0.1) is 12.5 Å². The van der Waals surface area contributed by atoms with Gasteiger partial charge in [-0.2, -0.15) is 5.26 Å². The topological polar surface area (TPSA) is 56.1 Å². The van der Waals surface area contributed by atoms with Crippen LogP contribution in [0.4, 0.5) is 10.1 Å². The largest absolute Gasteiger partial charge is 0.369 e. The third-order valence-electron chi connectivity index (χ3n) is 3.41. The molecular formula is C15H18FN3O. The van der Waals surface area contributed by atoms with E-state index >= 15 is 0 Å². The van der Waals surface area contributed by atoms with Crippen LogP contribution < -0.4 is 5.32 Å². The second-order valence-electron chi connectivity index (χ2n) is 4.98. The molecule has 1 unspecified atom stereocenters. The van der Waals surface area contributed by atoms with Crippen molar-refractivity contribution in [1.29, 1.82) is 5.26 Å². The molecule has 0 bridgehead atoms. The summed E-state index contributed by atoms with van der Waals surface area (Å²) >= 11 is 0. The van der Waals surface area contributed by atoms with E-state index in [9.17, 15) is 9.18 Å². The predicted molar refractivity (Wildman–Crippen MR) is 74.5 cm³/mol. The van der Waals surface area contributed by atoms with E-state index in [2.05, 4.69) is 11.4 Å². The van der Waals surface area contributed by atoms with Gasteiger partial charge in [-0.3, -0.25) is 4.79 Å². The van der Waals surface area contributed by atoms with Crippen molar-refractivity contribution in [3.05, 3.63) is 30.1 Å². The van der Waals surface area contributed by atoms with Gasteiger partial charge in [-0.1, -0.05) is 6.07 Å². The van der Waals surface area contributed by atoms with Crippen LogP contribution >= 0.6 is 0 Å². The second kappa shape index (κ2) is 6.90. The molecule has 1 saturated heterocycles. The summed E-state index contributed by atoms with van der Waals surface area (Å²) in [7, 11) is 0. The molecule has 5 heteroatoms. The first-order valence-corrected chi connectivity index (χ1v) is 6.88. The average Bonchev–Trinajstić information content (AvgIpc) is 2.47. The molecule has 2 rings (SSSR count). The highest BCUT2D eigenvalue weighted by Gasteiger charge is 2.20. The Morgan fingerprint density at radius 3 is 2.80 bits per heavy atom. The minimum absolute atomic E-state index is 0.0137. The lowest BCUT2D eigenvalue weighted by Gasteiger charge is -2.27. The maximum atomic E-state index is 13.1. The Morgan fingerprint density at radius 1 is 1.40 bits per heavy atom. The standard InChI is InChI=1S/C15H18FN3O/c16-12-5-4-6-13(9-12)18-14(11-17)10-15(20)19-7-2-1-3-8-19/h4-6,9,14,18H,1-3,7-8,10H2. The van der Waals surface area contributed by atoms with Crippen molar-refractivity contribution < 1.29 is 9.18 Å². The van der Waals surface area contributed by atoms with Crippen LogP contribution in [0.15, 0.2) is 24.3 Å². The third kappa shape index (κ3) is 3.95. The quantitative estimate of drug-likeness (QED) is 0.918. The number of amides is 1. The molecule has 1 N–H and O–H groups in total. The molecule has 1 aromatic rings. The molecule has 0 aromatic heterocycles. The van der Waals surface area contributed by atoms with E-state index in [0.717, 1.165) is 32.4 Å². The maximum absolute atomic E-state index is 13.1. The molecule has 1 fully saturated rings. The number of nitrogens with one attached hydrogen (secondary N) is 1. The van der Waals surface area contributed by atoms with Gasteiger partial charge in [-0.05, 0) is 37.5 Å². The number of halogens is 1. The number of hydrogen-bond acceptors (Lipinski definition) is 3. The van der Waals surface area contributed by atoms with E-state index in [1.54, 1.807) is 17.0 Å². The highest BCUT2D eigenvalue weighted by Crippen LogP contribution is 2.14. The van der Waals surface area contributed by atoms with Crippen LogP contribution in [0.25, 0.3) is 0 Å². The number of nitriles is 1. The molecule has 0 spiro atoms. The van der Waals surface area contributed by atoms with E-state index in [-0.39, 0.29) is 18.1 Å². The Balaban J connectivity index is 1.92. The fourth-order valence-electron chi connectivity index (χ4n) is 2.36. The predicted octanol–water partition coefficient (Wildman–Crippen LogP) is 2.53. The Hall–Kier alpha value is -2.09. The first-order valence-electron chi connectivity index (χ1n) is 6.88. The fourth-order valence-corrected chi connectivity index (χ4v) is 2.36. The first-order chi connectivity index (χ1) is 9.69. The molecule has 1 aliphatic heterocycles. The molecule has 106 valence electrons. The SMILES string of the molecule is N#CC(CC(=O)N1CCCCC1)Nc1cccc(F)c1. The Kier molecular flexibility index (Phi) is 4.94. The number of rotatable bonds is 4. The fraction of sp³-hybridized carbons (Fsp3) is 0.467. The molecule has 1 heterocycles. The lowest BCUT2D eigenvalue weighted by molar-refractivity contribution is -0.132. The maximum Gasteiger partial charge on any atom is 0.225 e. The highest BCUT2D eigenvalue weighted by atomic mass is 19.1. The third-order valence-corrected chi connectivity index (χ3v) is 3.41. The summed E-state index contributed by atoms with van der Waals surface area (Å²) in [5.41, 5.74) is 0.517. The second-order valence-corrected chi connectivity index (χ2v) is 4.98.